The smallest absolute Gasteiger partial charge is 0.277 e. The fraction of sp³-hybridized carbons (Fsp3) is 0.727. The number of piperidine rings is 1. The van der Waals surface area contributed by atoms with E-state index in [4.69, 9.17) is 5.73 Å². The van der Waals surface area contributed by atoms with E-state index in [0.717, 1.165) is 13.0 Å². The summed E-state index contributed by atoms with van der Waals surface area (Å²) in [5.41, 5.74) is 5.49. The van der Waals surface area contributed by atoms with Gasteiger partial charge in [-0.3, -0.25) is 4.79 Å². The van der Waals surface area contributed by atoms with Crippen LogP contribution in [-0.2, 0) is 0 Å². The number of amides is 1. The second-order valence-corrected chi connectivity index (χ2v) is 4.51. The number of carbonyl (C=O) groups is 1. The summed E-state index contributed by atoms with van der Waals surface area (Å²) in [5.74, 6) is -0.295. The molecule has 1 aliphatic heterocycles. The maximum Gasteiger partial charge on any atom is 0.277 e. The van der Waals surface area contributed by atoms with Gasteiger partial charge in [0.1, 0.15) is 0 Å². The number of nitrogens with two attached hydrogens (primary N) is 1. The number of nitrogens with zero attached hydrogens (tertiary/aromatic N) is 3. The number of hydrogen-bond acceptors (Lipinski definition) is 6. The lowest BCUT2D eigenvalue weighted by Gasteiger charge is -2.26. The van der Waals surface area contributed by atoms with Crippen molar-refractivity contribution < 1.29 is 9.42 Å². The maximum absolute atomic E-state index is 11.6. The van der Waals surface area contributed by atoms with Crippen LogP contribution in [0.25, 0.3) is 0 Å². The lowest BCUT2D eigenvalue weighted by molar-refractivity contribution is 0.0942. The highest BCUT2D eigenvalue weighted by molar-refractivity contribution is 5.95. The molecule has 2 heterocycles. The third-order valence-electron chi connectivity index (χ3n) is 3.11. The maximum atomic E-state index is 11.6. The molecule has 0 spiro atoms. The van der Waals surface area contributed by atoms with Crippen molar-refractivity contribution in [3.05, 3.63) is 5.69 Å². The number of aromatic nitrogens is 2. The summed E-state index contributed by atoms with van der Waals surface area (Å²) in [5, 5.41) is 9.57. The van der Waals surface area contributed by atoms with Crippen molar-refractivity contribution in [2.45, 2.75) is 25.7 Å². The van der Waals surface area contributed by atoms with Gasteiger partial charge >= 0.3 is 0 Å². The molecule has 1 aliphatic rings. The fourth-order valence-electron chi connectivity index (χ4n) is 2.12. The van der Waals surface area contributed by atoms with Gasteiger partial charge in [0.2, 0.25) is 11.5 Å². The molecule has 2 rings (SSSR count). The lowest BCUT2D eigenvalue weighted by Crippen LogP contribution is -2.33. The number of carbonyl (C=O) groups excluding carboxylic acids is 1. The molecule has 0 aromatic carbocycles. The highest BCUT2D eigenvalue weighted by Crippen LogP contribution is 2.08. The highest BCUT2D eigenvalue weighted by atomic mass is 16.6. The van der Waals surface area contributed by atoms with Gasteiger partial charge in [-0.25, -0.2) is 4.63 Å². The van der Waals surface area contributed by atoms with Gasteiger partial charge in [0.25, 0.3) is 5.91 Å². The first-order valence-corrected chi connectivity index (χ1v) is 6.36. The van der Waals surface area contributed by atoms with Crippen LogP contribution < -0.4 is 11.1 Å². The Hall–Kier alpha value is -1.63. The van der Waals surface area contributed by atoms with Crippen LogP contribution in [0.4, 0.5) is 5.82 Å². The van der Waals surface area contributed by atoms with E-state index in [1.807, 2.05) is 0 Å². The molecule has 0 unspecified atom stereocenters. The van der Waals surface area contributed by atoms with Crippen LogP contribution in [-0.4, -0.2) is 47.3 Å². The highest BCUT2D eigenvalue weighted by Gasteiger charge is 2.15. The molecule has 1 aromatic heterocycles. The molecule has 1 amide bonds. The van der Waals surface area contributed by atoms with Gasteiger partial charge in [-0.15, -0.1) is 0 Å². The molecule has 0 radical (unpaired) electrons. The molecule has 1 fully saturated rings. The monoisotopic (exact) mass is 253 g/mol. The van der Waals surface area contributed by atoms with Gasteiger partial charge in [0, 0.05) is 6.54 Å². The Balaban J connectivity index is 1.63. The van der Waals surface area contributed by atoms with Crippen LogP contribution >= 0.6 is 0 Å². The predicted octanol–water partition coefficient (Wildman–Crippen LogP) is 0.258. The first-order valence-electron chi connectivity index (χ1n) is 6.36. The minimum Gasteiger partial charge on any atom is -0.379 e. The molecule has 7 nitrogen and oxygen atoms in total. The predicted molar refractivity (Wildman–Crippen MR) is 66.0 cm³/mol. The summed E-state index contributed by atoms with van der Waals surface area (Å²) in [4.78, 5) is 14.0. The lowest BCUT2D eigenvalue weighted by atomic mass is 10.1. The van der Waals surface area contributed by atoms with E-state index < -0.39 is 0 Å². The number of rotatable bonds is 5. The quantitative estimate of drug-likeness (QED) is 0.730. The van der Waals surface area contributed by atoms with E-state index in [1.165, 1.54) is 32.4 Å². The summed E-state index contributed by atoms with van der Waals surface area (Å²) in [7, 11) is 0. The fourth-order valence-corrected chi connectivity index (χ4v) is 2.12. The van der Waals surface area contributed by atoms with Crippen LogP contribution in [0.3, 0.4) is 0 Å². The Morgan fingerprint density at radius 1 is 1.33 bits per heavy atom. The van der Waals surface area contributed by atoms with Crippen LogP contribution in [0.2, 0.25) is 0 Å². The molecule has 3 N–H and O–H groups in total. The summed E-state index contributed by atoms with van der Waals surface area (Å²) >= 11 is 0. The molecule has 7 heteroatoms. The van der Waals surface area contributed by atoms with Crippen LogP contribution in [0.1, 0.15) is 36.2 Å². The van der Waals surface area contributed by atoms with Gasteiger partial charge in [-0.05, 0) is 49.2 Å². The summed E-state index contributed by atoms with van der Waals surface area (Å²) in [6.45, 7) is 3.98. The van der Waals surface area contributed by atoms with Crippen molar-refractivity contribution >= 4 is 11.7 Å². The van der Waals surface area contributed by atoms with Crippen LogP contribution in [0.5, 0.6) is 0 Å². The Kier molecular flexibility index (Phi) is 4.52. The van der Waals surface area contributed by atoms with E-state index in [9.17, 15) is 4.79 Å². The second kappa shape index (κ2) is 6.34. The number of nitrogen functional groups attached to an aromatic ring is 1. The molecular formula is C11H19N5O2. The van der Waals surface area contributed by atoms with E-state index in [2.05, 4.69) is 25.2 Å². The van der Waals surface area contributed by atoms with Gasteiger partial charge in [0.15, 0.2) is 0 Å². The summed E-state index contributed by atoms with van der Waals surface area (Å²) in [6, 6.07) is 0. The average Bonchev–Trinajstić information content (AvgIpc) is 2.82. The SMILES string of the molecule is Nc1nonc1C(=O)NCCCN1CCCCC1. The third-order valence-corrected chi connectivity index (χ3v) is 3.11. The van der Waals surface area contributed by atoms with Gasteiger partial charge in [0.05, 0.1) is 0 Å². The molecule has 1 aromatic rings. The van der Waals surface area contributed by atoms with Crippen molar-refractivity contribution in [2.24, 2.45) is 0 Å². The molecule has 0 bridgehead atoms. The normalized spacial score (nSPS) is 16.7. The van der Waals surface area contributed by atoms with Crippen LogP contribution in [0, 0.1) is 0 Å². The van der Waals surface area contributed by atoms with Crippen LogP contribution in [0.15, 0.2) is 4.63 Å². The van der Waals surface area contributed by atoms with Crippen molar-refractivity contribution in [2.75, 3.05) is 31.9 Å². The molecular weight excluding hydrogens is 234 g/mol. The second-order valence-electron chi connectivity index (χ2n) is 4.51. The van der Waals surface area contributed by atoms with Gasteiger partial charge in [-0.2, -0.15) is 0 Å². The molecule has 0 aliphatic carbocycles. The molecule has 18 heavy (non-hydrogen) atoms. The van der Waals surface area contributed by atoms with Gasteiger partial charge < -0.3 is 16.0 Å². The first kappa shape index (κ1) is 12.8. The molecule has 0 atom stereocenters. The van der Waals surface area contributed by atoms with Gasteiger partial charge in [-0.1, -0.05) is 6.42 Å². The zero-order valence-corrected chi connectivity index (χ0v) is 10.4. The van der Waals surface area contributed by atoms with Crippen molar-refractivity contribution in [1.82, 2.24) is 20.5 Å². The zero-order valence-electron chi connectivity index (χ0n) is 10.4. The number of anilines is 1. The largest absolute Gasteiger partial charge is 0.379 e. The number of nitrogens with one attached hydrogen (secondary N) is 1. The molecule has 100 valence electrons. The summed E-state index contributed by atoms with van der Waals surface area (Å²) in [6.07, 6.45) is 4.84. The first-order chi connectivity index (χ1) is 8.77. The Morgan fingerprint density at radius 3 is 2.78 bits per heavy atom. The Morgan fingerprint density at radius 2 is 2.11 bits per heavy atom. The number of likely N-dealkylation sites (tertiary alicyclic amines) is 1. The number of hydrogen-bond donors (Lipinski definition) is 2. The van der Waals surface area contributed by atoms with Crippen molar-refractivity contribution in [3.8, 4) is 0 Å². The average molecular weight is 253 g/mol. The molecule has 0 saturated carbocycles. The minimum atomic E-state index is -0.326. The third kappa shape index (κ3) is 3.43. The Bertz CT molecular complexity index is 387. The van der Waals surface area contributed by atoms with E-state index in [0.29, 0.717) is 6.54 Å². The zero-order chi connectivity index (χ0) is 12.8. The van der Waals surface area contributed by atoms with Crippen molar-refractivity contribution in [3.63, 3.8) is 0 Å². The van der Waals surface area contributed by atoms with E-state index in [1.54, 1.807) is 0 Å². The minimum absolute atomic E-state index is 0.0310. The Labute approximate surface area is 106 Å². The molecule has 1 saturated heterocycles. The topological polar surface area (TPSA) is 97.3 Å². The standard InChI is InChI=1S/C11H19N5O2/c12-10-9(14-18-15-10)11(17)13-5-4-8-16-6-2-1-3-7-16/h1-8H2,(H2,12,15)(H,13,17). The van der Waals surface area contributed by atoms with E-state index >= 15 is 0 Å². The summed E-state index contributed by atoms with van der Waals surface area (Å²) < 4.78 is 4.37. The van der Waals surface area contributed by atoms with Crippen molar-refractivity contribution in [1.29, 1.82) is 0 Å². The van der Waals surface area contributed by atoms with E-state index in [-0.39, 0.29) is 17.4 Å².